The van der Waals surface area contributed by atoms with Crippen molar-refractivity contribution in [3.05, 3.63) is 0 Å². The number of hydrogen-bond donors (Lipinski definition) is 1. The third-order valence-electron chi connectivity index (χ3n) is 5.57. The molecule has 3 heterocycles. The van der Waals surface area contributed by atoms with Gasteiger partial charge in [-0.2, -0.15) is 0 Å². The molecule has 1 unspecified atom stereocenters. The summed E-state index contributed by atoms with van der Waals surface area (Å²) in [6, 6.07) is 0. The SMILES string of the molecule is O=C(CN1CCCC1=O)NCC1CCN(CC2CCCOC2)CC1. The Morgan fingerprint density at radius 1 is 1.12 bits per heavy atom. The van der Waals surface area contributed by atoms with E-state index in [1.165, 1.54) is 12.8 Å². The Hall–Kier alpha value is -1.14. The Kier molecular flexibility index (Phi) is 6.49. The molecule has 0 aromatic rings. The summed E-state index contributed by atoms with van der Waals surface area (Å²) < 4.78 is 5.57. The highest BCUT2D eigenvalue weighted by Crippen LogP contribution is 2.20. The normalized spacial score (nSPS) is 26.8. The molecule has 24 heavy (non-hydrogen) atoms. The maximum Gasteiger partial charge on any atom is 0.239 e. The Labute approximate surface area is 144 Å². The summed E-state index contributed by atoms with van der Waals surface area (Å²) in [5, 5.41) is 3.02. The van der Waals surface area contributed by atoms with Crippen LogP contribution in [0.4, 0.5) is 0 Å². The predicted molar refractivity (Wildman–Crippen MR) is 91.5 cm³/mol. The van der Waals surface area contributed by atoms with Crippen molar-refractivity contribution < 1.29 is 14.3 Å². The number of nitrogens with one attached hydrogen (secondary N) is 1. The Morgan fingerprint density at radius 2 is 1.96 bits per heavy atom. The third kappa shape index (κ3) is 5.18. The molecule has 0 aliphatic carbocycles. The first-order valence-corrected chi connectivity index (χ1v) is 9.55. The van der Waals surface area contributed by atoms with Crippen molar-refractivity contribution in [3.63, 3.8) is 0 Å². The lowest BCUT2D eigenvalue weighted by Crippen LogP contribution is -2.43. The first-order chi connectivity index (χ1) is 11.7. The van der Waals surface area contributed by atoms with Gasteiger partial charge in [0.2, 0.25) is 11.8 Å². The first kappa shape index (κ1) is 17.7. The van der Waals surface area contributed by atoms with Crippen LogP contribution >= 0.6 is 0 Å². The van der Waals surface area contributed by atoms with Crippen molar-refractivity contribution in [2.75, 3.05) is 52.5 Å². The predicted octanol–water partition coefficient (Wildman–Crippen LogP) is 0.864. The van der Waals surface area contributed by atoms with E-state index >= 15 is 0 Å². The number of amides is 2. The van der Waals surface area contributed by atoms with E-state index < -0.39 is 0 Å². The van der Waals surface area contributed by atoms with Gasteiger partial charge < -0.3 is 19.9 Å². The molecule has 0 radical (unpaired) electrons. The van der Waals surface area contributed by atoms with Crippen LogP contribution in [0.3, 0.4) is 0 Å². The molecule has 0 spiro atoms. The minimum absolute atomic E-state index is 0.00738. The van der Waals surface area contributed by atoms with Crippen LogP contribution in [0, 0.1) is 11.8 Å². The van der Waals surface area contributed by atoms with Gasteiger partial charge in [0, 0.05) is 32.7 Å². The molecule has 0 saturated carbocycles. The second-order valence-electron chi connectivity index (χ2n) is 7.55. The monoisotopic (exact) mass is 337 g/mol. The maximum atomic E-state index is 12.0. The molecule has 6 heteroatoms. The second-order valence-corrected chi connectivity index (χ2v) is 7.55. The third-order valence-corrected chi connectivity index (χ3v) is 5.57. The van der Waals surface area contributed by atoms with Crippen molar-refractivity contribution in [2.24, 2.45) is 11.8 Å². The summed E-state index contributed by atoms with van der Waals surface area (Å²) in [6.07, 6.45) is 6.28. The highest BCUT2D eigenvalue weighted by Gasteiger charge is 2.25. The fraction of sp³-hybridized carbons (Fsp3) is 0.889. The molecular formula is C18H31N3O3. The van der Waals surface area contributed by atoms with Crippen LogP contribution in [0.15, 0.2) is 0 Å². The molecule has 3 saturated heterocycles. The lowest BCUT2D eigenvalue weighted by atomic mass is 9.94. The van der Waals surface area contributed by atoms with Crippen LogP contribution in [0.5, 0.6) is 0 Å². The lowest BCUT2D eigenvalue weighted by molar-refractivity contribution is -0.133. The minimum atomic E-state index is -0.00738. The number of likely N-dealkylation sites (tertiary alicyclic amines) is 2. The van der Waals surface area contributed by atoms with E-state index in [9.17, 15) is 9.59 Å². The van der Waals surface area contributed by atoms with E-state index in [0.29, 0.717) is 18.3 Å². The molecule has 6 nitrogen and oxygen atoms in total. The fourth-order valence-electron chi connectivity index (χ4n) is 4.05. The van der Waals surface area contributed by atoms with E-state index in [-0.39, 0.29) is 18.4 Å². The number of ether oxygens (including phenoxy) is 1. The average molecular weight is 337 g/mol. The summed E-state index contributed by atoms with van der Waals surface area (Å²) in [7, 11) is 0. The smallest absolute Gasteiger partial charge is 0.239 e. The summed E-state index contributed by atoms with van der Waals surface area (Å²) in [5.41, 5.74) is 0. The summed E-state index contributed by atoms with van der Waals surface area (Å²) in [5.74, 6) is 1.38. The average Bonchev–Trinajstić information content (AvgIpc) is 3.00. The standard InChI is InChI=1S/C18H31N3O3/c22-17(13-21-7-1-4-18(21)23)19-11-15-5-8-20(9-6-15)12-16-3-2-10-24-14-16/h15-16H,1-14H2,(H,19,22). The molecule has 0 bridgehead atoms. The van der Waals surface area contributed by atoms with Crippen LogP contribution < -0.4 is 5.32 Å². The Bertz CT molecular complexity index is 429. The molecule has 0 aromatic carbocycles. The number of piperidine rings is 1. The minimum Gasteiger partial charge on any atom is -0.381 e. The van der Waals surface area contributed by atoms with Crippen molar-refractivity contribution in [1.29, 1.82) is 0 Å². The first-order valence-electron chi connectivity index (χ1n) is 9.55. The van der Waals surface area contributed by atoms with Crippen molar-refractivity contribution in [1.82, 2.24) is 15.1 Å². The van der Waals surface area contributed by atoms with E-state index in [1.54, 1.807) is 4.90 Å². The van der Waals surface area contributed by atoms with Gasteiger partial charge in [-0.25, -0.2) is 0 Å². The molecule has 2 amide bonds. The van der Waals surface area contributed by atoms with E-state index in [0.717, 1.165) is 65.2 Å². The van der Waals surface area contributed by atoms with Gasteiger partial charge >= 0.3 is 0 Å². The van der Waals surface area contributed by atoms with Crippen molar-refractivity contribution in [2.45, 2.75) is 38.5 Å². The summed E-state index contributed by atoms with van der Waals surface area (Å²) in [6.45, 7) is 6.99. The van der Waals surface area contributed by atoms with Gasteiger partial charge in [0.1, 0.15) is 0 Å². The van der Waals surface area contributed by atoms with Gasteiger partial charge in [-0.1, -0.05) is 0 Å². The highest BCUT2D eigenvalue weighted by atomic mass is 16.5. The van der Waals surface area contributed by atoms with Crippen LogP contribution in [-0.2, 0) is 14.3 Å². The van der Waals surface area contributed by atoms with Crippen LogP contribution in [0.25, 0.3) is 0 Å². The van der Waals surface area contributed by atoms with Crippen molar-refractivity contribution >= 4 is 11.8 Å². The molecule has 3 aliphatic rings. The van der Waals surface area contributed by atoms with Crippen LogP contribution in [-0.4, -0.2) is 74.1 Å². The van der Waals surface area contributed by atoms with Gasteiger partial charge in [-0.05, 0) is 57.0 Å². The molecule has 3 aliphatic heterocycles. The Morgan fingerprint density at radius 3 is 2.62 bits per heavy atom. The van der Waals surface area contributed by atoms with Gasteiger partial charge in [-0.3, -0.25) is 9.59 Å². The number of rotatable bonds is 6. The molecule has 136 valence electrons. The molecule has 1 atom stereocenters. The summed E-state index contributed by atoms with van der Waals surface area (Å²) in [4.78, 5) is 27.8. The van der Waals surface area contributed by atoms with Gasteiger partial charge in [0.05, 0.1) is 13.2 Å². The molecule has 3 rings (SSSR count). The van der Waals surface area contributed by atoms with Crippen LogP contribution in [0.2, 0.25) is 0 Å². The number of nitrogens with zero attached hydrogens (tertiary/aromatic N) is 2. The second kappa shape index (κ2) is 8.81. The van der Waals surface area contributed by atoms with E-state index in [2.05, 4.69) is 10.2 Å². The van der Waals surface area contributed by atoms with Crippen molar-refractivity contribution in [3.8, 4) is 0 Å². The fourth-order valence-corrected chi connectivity index (χ4v) is 4.05. The zero-order chi connectivity index (χ0) is 16.8. The van der Waals surface area contributed by atoms with Crippen LogP contribution in [0.1, 0.15) is 38.5 Å². The molecular weight excluding hydrogens is 306 g/mol. The van der Waals surface area contributed by atoms with E-state index in [4.69, 9.17) is 4.74 Å². The largest absolute Gasteiger partial charge is 0.381 e. The molecule has 3 fully saturated rings. The van der Waals surface area contributed by atoms with Gasteiger partial charge in [0.15, 0.2) is 0 Å². The lowest BCUT2D eigenvalue weighted by Gasteiger charge is -2.35. The zero-order valence-corrected chi connectivity index (χ0v) is 14.7. The maximum absolute atomic E-state index is 12.0. The molecule has 1 N–H and O–H groups in total. The highest BCUT2D eigenvalue weighted by molar-refractivity contribution is 5.85. The topological polar surface area (TPSA) is 61.9 Å². The van der Waals surface area contributed by atoms with Gasteiger partial charge in [0.25, 0.3) is 0 Å². The zero-order valence-electron chi connectivity index (χ0n) is 14.7. The van der Waals surface area contributed by atoms with Gasteiger partial charge in [-0.15, -0.1) is 0 Å². The quantitative estimate of drug-likeness (QED) is 0.781. The number of hydrogen-bond acceptors (Lipinski definition) is 4. The number of carbonyl (C=O) groups is 2. The Balaban J connectivity index is 1.29. The van der Waals surface area contributed by atoms with E-state index in [1.807, 2.05) is 0 Å². The molecule has 0 aromatic heterocycles. The summed E-state index contributed by atoms with van der Waals surface area (Å²) >= 11 is 0. The number of carbonyl (C=O) groups excluding carboxylic acids is 2.